The molecule has 0 fully saturated rings. The summed E-state index contributed by atoms with van der Waals surface area (Å²) < 4.78 is 16.0. The number of benzene rings is 1. The number of nitrogens with zero attached hydrogens (tertiary/aromatic N) is 2. The van der Waals surface area contributed by atoms with Crippen LogP contribution in [0.2, 0.25) is 0 Å². The van der Waals surface area contributed by atoms with Crippen molar-refractivity contribution in [2.24, 2.45) is 0 Å². The van der Waals surface area contributed by atoms with Crippen molar-refractivity contribution in [2.75, 3.05) is 11.5 Å². The topological polar surface area (TPSA) is 97.8 Å². The van der Waals surface area contributed by atoms with E-state index in [2.05, 4.69) is 10.3 Å². The minimum Gasteiger partial charge on any atom is -0.482 e. The van der Waals surface area contributed by atoms with Gasteiger partial charge in [0, 0.05) is 0 Å². The number of ether oxygens (including phenoxy) is 1. The lowest BCUT2D eigenvalue weighted by Gasteiger charge is -2.28. The Hall–Kier alpha value is -3.55. The Balaban J connectivity index is 1.47. The van der Waals surface area contributed by atoms with Gasteiger partial charge in [0.25, 0.3) is 11.8 Å². The first-order valence-corrected chi connectivity index (χ1v) is 8.39. The Labute approximate surface area is 154 Å². The molecule has 1 aliphatic rings. The Morgan fingerprint density at radius 3 is 3.00 bits per heavy atom. The summed E-state index contributed by atoms with van der Waals surface area (Å²) in [4.78, 5) is 30.2. The van der Waals surface area contributed by atoms with Crippen LogP contribution >= 0.6 is 0 Å². The van der Waals surface area contributed by atoms with Gasteiger partial charge in [-0.3, -0.25) is 14.5 Å². The number of oxazole rings is 1. The Bertz CT molecular complexity index is 977. The molecule has 0 bridgehead atoms. The summed E-state index contributed by atoms with van der Waals surface area (Å²) in [5.41, 5.74) is 1.80. The van der Waals surface area contributed by atoms with Crippen molar-refractivity contribution in [2.45, 2.75) is 20.0 Å². The van der Waals surface area contributed by atoms with Crippen LogP contribution in [0.15, 0.2) is 51.7 Å². The molecule has 8 nitrogen and oxygen atoms in total. The predicted molar refractivity (Wildman–Crippen MR) is 94.2 cm³/mol. The summed E-state index contributed by atoms with van der Waals surface area (Å²) >= 11 is 0. The third kappa shape index (κ3) is 3.55. The molecule has 2 aromatic heterocycles. The van der Waals surface area contributed by atoms with Crippen molar-refractivity contribution < 1.29 is 23.2 Å². The fraction of sp³-hybridized carbons (Fsp3) is 0.211. The van der Waals surface area contributed by atoms with Gasteiger partial charge < -0.3 is 18.9 Å². The molecule has 3 heterocycles. The largest absolute Gasteiger partial charge is 0.482 e. The van der Waals surface area contributed by atoms with E-state index in [-0.39, 0.29) is 43.1 Å². The van der Waals surface area contributed by atoms with Crippen molar-refractivity contribution in [1.82, 2.24) is 10.3 Å². The SMILES string of the molecule is Cc1ccc2c(c1)N(Cc1nc(C(=O)NCc3ccco3)co1)C(=O)CO2. The first-order chi connectivity index (χ1) is 13.1. The molecule has 3 aromatic rings. The molecule has 1 N–H and O–H groups in total. The van der Waals surface area contributed by atoms with E-state index >= 15 is 0 Å². The first kappa shape index (κ1) is 16.9. The monoisotopic (exact) mass is 367 g/mol. The van der Waals surface area contributed by atoms with Gasteiger partial charge >= 0.3 is 0 Å². The predicted octanol–water partition coefficient (Wildman–Crippen LogP) is 2.43. The summed E-state index contributed by atoms with van der Waals surface area (Å²) in [5, 5.41) is 2.69. The molecular formula is C19H17N3O5. The average Bonchev–Trinajstić information content (AvgIpc) is 3.34. The molecule has 0 unspecified atom stereocenters. The summed E-state index contributed by atoms with van der Waals surface area (Å²) in [6.45, 7) is 2.25. The number of fused-ring (bicyclic) bond motifs is 1. The molecule has 27 heavy (non-hydrogen) atoms. The standard InChI is InChI=1S/C19H17N3O5/c1-12-4-5-16-15(7-12)22(18(23)11-26-16)9-17-21-14(10-27-17)19(24)20-8-13-3-2-6-25-13/h2-7,10H,8-9,11H2,1H3,(H,20,24). The minimum atomic E-state index is -0.383. The second kappa shape index (κ2) is 6.99. The number of hydrogen-bond acceptors (Lipinski definition) is 6. The van der Waals surface area contributed by atoms with E-state index in [0.717, 1.165) is 5.56 Å². The number of aryl methyl sites for hydroxylation is 1. The van der Waals surface area contributed by atoms with Crippen molar-refractivity contribution in [3.05, 3.63) is 65.8 Å². The number of furan rings is 1. The number of carbonyl (C=O) groups is 2. The van der Waals surface area contributed by atoms with Crippen LogP contribution in [0.4, 0.5) is 5.69 Å². The highest BCUT2D eigenvalue weighted by molar-refractivity contribution is 5.97. The van der Waals surface area contributed by atoms with E-state index < -0.39 is 0 Å². The van der Waals surface area contributed by atoms with Crippen molar-refractivity contribution in [3.8, 4) is 5.75 Å². The number of carbonyl (C=O) groups excluding carboxylic acids is 2. The molecule has 0 radical (unpaired) electrons. The van der Waals surface area contributed by atoms with Gasteiger partial charge in [-0.1, -0.05) is 6.07 Å². The minimum absolute atomic E-state index is 0.0484. The molecule has 1 aliphatic heterocycles. The fourth-order valence-electron chi connectivity index (χ4n) is 2.78. The smallest absolute Gasteiger partial charge is 0.273 e. The highest BCUT2D eigenvalue weighted by Gasteiger charge is 2.27. The molecular weight excluding hydrogens is 350 g/mol. The van der Waals surface area contributed by atoms with Crippen molar-refractivity contribution in [1.29, 1.82) is 0 Å². The summed E-state index contributed by atoms with van der Waals surface area (Å²) in [6, 6.07) is 9.12. The molecule has 2 amide bonds. The number of nitrogens with one attached hydrogen (secondary N) is 1. The van der Waals surface area contributed by atoms with Gasteiger partial charge in [-0.2, -0.15) is 0 Å². The molecule has 0 saturated carbocycles. The van der Waals surface area contributed by atoms with Crippen LogP contribution in [0.5, 0.6) is 5.75 Å². The summed E-state index contributed by atoms with van der Waals surface area (Å²) in [5.74, 6) is 0.947. The number of rotatable bonds is 5. The number of aromatic nitrogens is 1. The third-order valence-corrected chi connectivity index (χ3v) is 4.14. The van der Waals surface area contributed by atoms with Crippen LogP contribution in [0, 0.1) is 6.92 Å². The van der Waals surface area contributed by atoms with E-state index in [1.807, 2.05) is 25.1 Å². The van der Waals surface area contributed by atoms with Crippen LogP contribution in [0.25, 0.3) is 0 Å². The van der Waals surface area contributed by atoms with Gasteiger partial charge in [-0.05, 0) is 36.8 Å². The van der Waals surface area contributed by atoms with E-state index in [1.165, 1.54) is 12.5 Å². The molecule has 0 aliphatic carbocycles. The molecule has 0 spiro atoms. The van der Waals surface area contributed by atoms with Crippen LogP contribution in [-0.2, 0) is 17.9 Å². The highest BCUT2D eigenvalue weighted by atomic mass is 16.5. The zero-order chi connectivity index (χ0) is 18.8. The lowest BCUT2D eigenvalue weighted by atomic mass is 10.1. The number of amides is 2. The summed E-state index contributed by atoms with van der Waals surface area (Å²) in [7, 11) is 0. The molecule has 4 rings (SSSR count). The van der Waals surface area contributed by atoms with Crippen LogP contribution in [0.3, 0.4) is 0 Å². The zero-order valence-corrected chi connectivity index (χ0v) is 14.6. The molecule has 138 valence electrons. The molecule has 0 saturated heterocycles. The lowest BCUT2D eigenvalue weighted by Crippen LogP contribution is -2.38. The van der Waals surface area contributed by atoms with Gasteiger partial charge in [0.05, 0.1) is 18.5 Å². The van der Waals surface area contributed by atoms with Gasteiger partial charge in [0.15, 0.2) is 12.3 Å². The third-order valence-electron chi connectivity index (χ3n) is 4.14. The number of hydrogen-bond donors (Lipinski definition) is 1. The van der Waals surface area contributed by atoms with Gasteiger partial charge in [-0.25, -0.2) is 4.98 Å². The lowest BCUT2D eigenvalue weighted by molar-refractivity contribution is -0.121. The van der Waals surface area contributed by atoms with E-state index in [4.69, 9.17) is 13.6 Å². The highest BCUT2D eigenvalue weighted by Crippen LogP contribution is 2.33. The van der Waals surface area contributed by atoms with E-state index in [0.29, 0.717) is 17.2 Å². The maximum Gasteiger partial charge on any atom is 0.273 e. The van der Waals surface area contributed by atoms with E-state index in [9.17, 15) is 9.59 Å². The summed E-state index contributed by atoms with van der Waals surface area (Å²) in [6.07, 6.45) is 2.81. The van der Waals surface area contributed by atoms with E-state index in [1.54, 1.807) is 17.0 Å². The molecule has 8 heteroatoms. The second-order valence-corrected chi connectivity index (χ2v) is 6.13. The maximum atomic E-state index is 12.3. The second-order valence-electron chi connectivity index (χ2n) is 6.13. The average molecular weight is 367 g/mol. The quantitative estimate of drug-likeness (QED) is 0.744. The van der Waals surface area contributed by atoms with Crippen molar-refractivity contribution >= 4 is 17.5 Å². The van der Waals surface area contributed by atoms with Crippen LogP contribution < -0.4 is 15.0 Å². The van der Waals surface area contributed by atoms with Gasteiger partial charge in [-0.15, -0.1) is 0 Å². The fourth-order valence-corrected chi connectivity index (χ4v) is 2.78. The van der Waals surface area contributed by atoms with Crippen molar-refractivity contribution in [3.63, 3.8) is 0 Å². The first-order valence-electron chi connectivity index (χ1n) is 8.39. The maximum absolute atomic E-state index is 12.3. The van der Waals surface area contributed by atoms with Gasteiger partial charge in [0.2, 0.25) is 5.89 Å². The zero-order valence-electron chi connectivity index (χ0n) is 14.6. The Kier molecular flexibility index (Phi) is 4.37. The Morgan fingerprint density at radius 1 is 1.30 bits per heavy atom. The molecule has 0 atom stereocenters. The number of anilines is 1. The van der Waals surface area contributed by atoms with Crippen LogP contribution in [0.1, 0.15) is 27.7 Å². The normalized spacial score (nSPS) is 13.2. The van der Waals surface area contributed by atoms with Crippen LogP contribution in [-0.4, -0.2) is 23.4 Å². The molecule has 1 aromatic carbocycles. The van der Waals surface area contributed by atoms with Gasteiger partial charge in [0.1, 0.15) is 24.3 Å². The Morgan fingerprint density at radius 2 is 2.19 bits per heavy atom.